The number of allylic oxidation sites excluding steroid dienone is 1. The molecule has 0 heterocycles. The molecule has 0 aromatic heterocycles. The van der Waals surface area contributed by atoms with Gasteiger partial charge in [0.05, 0.1) is 0 Å². The van der Waals surface area contributed by atoms with Crippen LogP contribution < -0.4 is 0 Å². The Kier molecular flexibility index (Phi) is 4.05. The van der Waals surface area contributed by atoms with Gasteiger partial charge in [-0.2, -0.15) is 0 Å². The van der Waals surface area contributed by atoms with E-state index in [1.807, 2.05) is 19.9 Å². The molecule has 0 aliphatic carbocycles. The minimum Gasteiger partial charge on any atom is -0.445 e. The van der Waals surface area contributed by atoms with Crippen molar-refractivity contribution < 1.29 is 9.53 Å². The molecule has 0 N–H and O–H groups in total. The van der Waals surface area contributed by atoms with E-state index in [1.165, 1.54) is 6.92 Å². The predicted octanol–water partition coefficient (Wildman–Crippen LogP) is 1.52. The number of rotatable bonds is 2. The first-order valence-electron chi connectivity index (χ1n) is 3.38. The summed E-state index contributed by atoms with van der Waals surface area (Å²) in [5.41, 5.74) is 0.878. The second kappa shape index (κ2) is 4.56. The summed E-state index contributed by atoms with van der Waals surface area (Å²) in [6, 6.07) is 0. The summed E-state index contributed by atoms with van der Waals surface area (Å²) in [5, 5.41) is 0. The van der Waals surface area contributed by atoms with Crippen molar-refractivity contribution >= 4 is 5.97 Å². The standard InChI is InChI=1S/C9H12O2/c1-5-7(3)9(6-2)11-8(4)10/h2,5,9H,1,3-4H3. The van der Waals surface area contributed by atoms with Crippen molar-refractivity contribution in [2.75, 3.05) is 0 Å². The monoisotopic (exact) mass is 152 g/mol. The van der Waals surface area contributed by atoms with Crippen molar-refractivity contribution in [1.82, 2.24) is 0 Å². The molecule has 0 rings (SSSR count). The molecule has 11 heavy (non-hydrogen) atoms. The van der Waals surface area contributed by atoms with Gasteiger partial charge in [0.15, 0.2) is 6.10 Å². The second-order valence-corrected chi connectivity index (χ2v) is 2.19. The lowest BCUT2D eigenvalue weighted by Gasteiger charge is -2.10. The summed E-state index contributed by atoms with van der Waals surface area (Å²) in [6.45, 7) is 5.02. The summed E-state index contributed by atoms with van der Waals surface area (Å²) < 4.78 is 4.81. The minimum absolute atomic E-state index is 0.353. The molecule has 2 nitrogen and oxygen atoms in total. The molecule has 0 bridgehead atoms. The Hall–Kier alpha value is -1.23. The van der Waals surface area contributed by atoms with Gasteiger partial charge in [-0.1, -0.05) is 12.0 Å². The van der Waals surface area contributed by atoms with Crippen molar-refractivity contribution in [3.05, 3.63) is 11.6 Å². The summed E-state index contributed by atoms with van der Waals surface area (Å²) in [4.78, 5) is 10.5. The molecule has 0 saturated heterocycles. The number of hydrogen-bond donors (Lipinski definition) is 0. The summed E-state index contributed by atoms with van der Waals surface area (Å²) in [5.74, 6) is 2.02. The second-order valence-electron chi connectivity index (χ2n) is 2.19. The van der Waals surface area contributed by atoms with E-state index in [2.05, 4.69) is 5.92 Å². The van der Waals surface area contributed by atoms with Gasteiger partial charge in [0, 0.05) is 6.92 Å². The largest absolute Gasteiger partial charge is 0.445 e. The predicted molar refractivity (Wildman–Crippen MR) is 43.8 cm³/mol. The highest BCUT2D eigenvalue weighted by Gasteiger charge is 2.08. The highest BCUT2D eigenvalue weighted by atomic mass is 16.5. The van der Waals surface area contributed by atoms with E-state index < -0.39 is 6.10 Å². The molecule has 1 unspecified atom stereocenters. The van der Waals surface area contributed by atoms with Gasteiger partial charge in [-0.15, -0.1) is 6.42 Å². The molecule has 60 valence electrons. The number of terminal acetylenes is 1. The van der Waals surface area contributed by atoms with Gasteiger partial charge in [-0.25, -0.2) is 0 Å². The lowest BCUT2D eigenvalue weighted by molar-refractivity contribution is -0.142. The zero-order chi connectivity index (χ0) is 8.85. The molecule has 0 aliphatic rings. The van der Waals surface area contributed by atoms with E-state index in [0.717, 1.165) is 5.57 Å². The zero-order valence-corrected chi connectivity index (χ0v) is 7.05. The van der Waals surface area contributed by atoms with Crippen LogP contribution in [0.15, 0.2) is 11.6 Å². The van der Waals surface area contributed by atoms with Crippen LogP contribution in [0.4, 0.5) is 0 Å². The Balaban J connectivity index is 4.21. The molecule has 2 heteroatoms. The van der Waals surface area contributed by atoms with Crippen LogP contribution in [0.5, 0.6) is 0 Å². The average Bonchev–Trinajstić information content (AvgIpc) is 1.98. The van der Waals surface area contributed by atoms with Gasteiger partial charge in [-0.3, -0.25) is 4.79 Å². The van der Waals surface area contributed by atoms with Crippen molar-refractivity contribution in [2.24, 2.45) is 0 Å². The van der Waals surface area contributed by atoms with Crippen LogP contribution in [0.3, 0.4) is 0 Å². The highest BCUT2D eigenvalue weighted by Crippen LogP contribution is 2.04. The molecular weight excluding hydrogens is 140 g/mol. The Labute approximate surface area is 67.2 Å². The maximum Gasteiger partial charge on any atom is 0.304 e. The number of hydrogen-bond acceptors (Lipinski definition) is 2. The molecule has 0 aliphatic heterocycles. The summed E-state index contributed by atoms with van der Waals surface area (Å²) in [7, 11) is 0. The molecule has 0 radical (unpaired) electrons. The third-order valence-corrected chi connectivity index (χ3v) is 1.30. The van der Waals surface area contributed by atoms with E-state index in [9.17, 15) is 4.79 Å². The van der Waals surface area contributed by atoms with E-state index in [-0.39, 0.29) is 5.97 Å². The molecule has 1 atom stereocenters. The molecule has 0 spiro atoms. The fourth-order valence-corrected chi connectivity index (χ4v) is 0.576. The van der Waals surface area contributed by atoms with Crippen LogP contribution in [0.2, 0.25) is 0 Å². The Morgan fingerprint density at radius 3 is 2.45 bits per heavy atom. The quantitative estimate of drug-likeness (QED) is 0.340. The lowest BCUT2D eigenvalue weighted by atomic mass is 10.2. The van der Waals surface area contributed by atoms with E-state index >= 15 is 0 Å². The van der Waals surface area contributed by atoms with Gasteiger partial charge in [0.25, 0.3) is 0 Å². The molecular formula is C9H12O2. The SMILES string of the molecule is C#CC(OC(C)=O)C(C)=CC. The van der Waals surface area contributed by atoms with Gasteiger partial charge < -0.3 is 4.74 Å². The van der Waals surface area contributed by atoms with Crippen molar-refractivity contribution in [2.45, 2.75) is 26.9 Å². The van der Waals surface area contributed by atoms with Gasteiger partial charge in [0.2, 0.25) is 0 Å². The van der Waals surface area contributed by atoms with Crippen molar-refractivity contribution in [3.63, 3.8) is 0 Å². The van der Waals surface area contributed by atoms with Crippen molar-refractivity contribution in [3.8, 4) is 12.3 Å². The van der Waals surface area contributed by atoms with Crippen LogP contribution in [0.25, 0.3) is 0 Å². The van der Waals surface area contributed by atoms with E-state index in [1.54, 1.807) is 0 Å². The molecule has 0 aromatic rings. The Bertz CT molecular complexity index is 208. The Morgan fingerprint density at radius 2 is 2.18 bits per heavy atom. The van der Waals surface area contributed by atoms with Gasteiger partial charge in [-0.05, 0) is 19.4 Å². The lowest BCUT2D eigenvalue weighted by Crippen LogP contribution is -2.14. The first-order valence-corrected chi connectivity index (χ1v) is 3.38. The fourth-order valence-electron chi connectivity index (χ4n) is 0.576. The van der Waals surface area contributed by atoms with Crippen LogP contribution in [0.1, 0.15) is 20.8 Å². The van der Waals surface area contributed by atoms with Gasteiger partial charge in [0.1, 0.15) is 0 Å². The maximum absolute atomic E-state index is 10.5. The minimum atomic E-state index is -0.502. The summed E-state index contributed by atoms with van der Waals surface area (Å²) >= 11 is 0. The maximum atomic E-state index is 10.5. The van der Waals surface area contributed by atoms with Crippen LogP contribution in [-0.2, 0) is 9.53 Å². The average molecular weight is 152 g/mol. The number of carbonyl (C=O) groups is 1. The number of ether oxygens (including phenoxy) is 1. The fraction of sp³-hybridized carbons (Fsp3) is 0.444. The zero-order valence-electron chi connectivity index (χ0n) is 7.05. The van der Waals surface area contributed by atoms with Crippen molar-refractivity contribution in [1.29, 1.82) is 0 Å². The van der Waals surface area contributed by atoms with Crippen LogP contribution in [0, 0.1) is 12.3 Å². The summed E-state index contributed by atoms with van der Waals surface area (Å²) in [6.07, 6.45) is 6.45. The van der Waals surface area contributed by atoms with E-state index in [4.69, 9.17) is 11.2 Å². The normalized spacial score (nSPS) is 13.5. The van der Waals surface area contributed by atoms with Crippen LogP contribution in [-0.4, -0.2) is 12.1 Å². The number of esters is 1. The first kappa shape index (κ1) is 9.77. The number of carbonyl (C=O) groups excluding carboxylic acids is 1. The third-order valence-electron chi connectivity index (χ3n) is 1.30. The van der Waals surface area contributed by atoms with Gasteiger partial charge >= 0.3 is 5.97 Å². The van der Waals surface area contributed by atoms with E-state index in [0.29, 0.717) is 0 Å². The smallest absolute Gasteiger partial charge is 0.304 e. The topological polar surface area (TPSA) is 26.3 Å². The molecule has 0 amide bonds. The third kappa shape index (κ3) is 3.47. The molecule has 0 fully saturated rings. The first-order chi connectivity index (χ1) is 5.11. The Morgan fingerprint density at radius 1 is 1.64 bits per heavy atom. The molecule has 0 saturated carbocycles. The van der Waals surface area contributed by atoms with Crippen LogP contribution >= 0.6 is 0 Å². The highest BCUT2D eigenvalue weighted by molar-refractivity contribution is 5.66. The molecule has 0 aromatic carbocycles.